The average molecular weight is 389 g/mol. The third-order valence-electron chi connectivity index (χ3n) is 5.43. The minimum atomic E-state index is -0.639. The highest BCUT2D eigenvalue weighted by Crippen LogP contribution is 2.32. The second kappa shape index (κ2) is 7.52. The van der Waals surface area contributed by atoms with Crippen LogP contribution in [0.5, 0.6) is 5.75 Å². The van der Waals surface area contributed by atoms with Crippen molar-refractivity contribution in [3.8, 4) is 5.75 Å². The molecule has 1 atom stereocenters. The average Bonchev–Trinajstić information content (AvgIpc) is 3.27. The van der Waals surface area contributed by atoms with Crippen molar-refractivity contribution in [1.82, 2.24) is 9.88 Å². The summed E-state index contributed by atoms with van der Waals surface area (Å²) in [5.74, 6) is -0.0379. The molecule has 0 radical (unpaired) electrons. The Bertz CT molecular complexity index is 1110. The fourth-order valence-corrected chi connectivity index (χ4v) is 3.82. The normalized spacial score (nSPS) is 14.9. The number of nitrogens with two attached hydrogens (primary N) is 2. The monoisotopic (exact) mass is 389 g/mol. The molecule has 2 heterocycles. The number of pyridine rings is 1. The van der Waals surface area contributed by atoms with E-state index in [0.29, 0.717) is 22.2 Å². The molecule has 1 aliphatic rings. The van der Waals surface area contributed by atoms with Gasteiger partial charge in [-0.05, 0) is 54.8 Å². The Morgan fingerprint density at radius 2 is 1.79 bits per heavy atom. The van der Waals surface area contributed by atoms with Gasteiger partial charge in [-0.25, -0.2) is 0 Å². The minimum absolute atomic E-state index is 0.0210. The second-order valence-corrected chi connectivity index (χ2v) is 7.30. The third kappa shape index (κ3) is 3.52. The molecular weight excluding hydrogens is 366 g/mol. The van der Waals surface area contributed by atoms with Crippen molar-refractivity contribution in [3.63, 3.8) is 0 Å². The number of aromatic hydroxyl groups is 1. The van der Waals surface area contributed by atoms with E-state index in [2.05, 4.69) is 4.98 Å². The van der Waals surface area contributed by atoms with Crippen molar-refractivity contribution in [2.75, 3.05) is 13.1 Å². The Morgan fingerprint density at radius 3 is 2.52 bits per heavy atom. The zero-order chi connectivity index (χ0) is 20.5. The van der Waals surface area contributed by atoms with E-state index in [4.69, 9.17) is 16.9 Å². The smallest absolute Gasteiger partial charge is 0.253 e. The topological polar surface area (TPSA) is 129 Å². The fraction of sp³-hybridized carbons (Fsp3) is 0.227. The van der Waals surface area contributed by atoms with Crippen LogP contribution >= 0.6 is 0 Å². The van der Waals surface area contributed by atoms with Crippen LogP contribution in [0.1, 0.15) is 45.9 Å². The molecule has 1 amide bonds. The van der Waals surface area contributed by atoms with Crippen molar-refractivity contribution in [2.45, 2.75) is 18.9 Å². The Labute approximate surface area is 168 Å². The lowest BCUT2D eigenvalue weighted by Gasteiger charge is -2.18. The van der Waals surface area contributed by atoms with Gasteiger partial charge in [-0.15, -0.1) is 0 Å². The van der Waals surface area contributed by atoms with Gasteiger partial charge in [0.25, 0.3) is 5.91 Å². The molecule has 6 N–H and O–H groups in total. The number of aromatic nitrogens is 1. The number of rotatable bonds is 4. The Balaban J connectivity index is 1.74. The first-order valence-electron chi connectivity index (χ1n) is 9.56. The van der Waals surface area contributed by atoms with Crippen LogP contribution in [-0.4, -0.2) is 39.8 Å². The van der Waals surface area contributed by atoms with Crippen LogP contribution in [0.4, 0.5) is 0 Å². The number of amidine groups is 1. The third-order valence-corrected chi connectivity index (χ3v) is 5.43. The van der Waals surface area contributed by atoms with Crippen molar-refractivity contribution < 1.29 is 9.90 Å². The van der Waals surface area contributed by atoms with Gasteiger partial charge in [0.15, 0.2) is 0 Å². The number of fused-ring (bicyclic) bond motifs is 1. The summed E-state index contributed by atoms with van der Waals surface area (Å²) < 4.78 is 0. The van der Waals surface area contributed by atoms with Crippen LogP contribution in [0.25, 0.3) is 10.9 Å². The van der Waals surface area contributed by atoms with Crippen molar-refractivity contribution >= 4 is 22.6 Å². The lowest BCUT2D eigenvalue weighted by molar-refractivity contribution is 0.0793. The summed E-state index contributed by atoms with van der Waals surface area (Å²) in [7, 11) is 0. The van der Waals surface area contributed by atoms with Gasteiger partial charge in [0.2, 0.25) is 0 Å². The largest absolute Gasteiger partial charge is 0.508 e. The molecule has 29 heavy (non-hydrogen) atoms. The van der Waals surface area contributed by atoms with Gasteiger partial charge in [-0.1, -0.05) is 6.07 Å². The Kier molecular flexibility index (Phi) is 4.90. The predicted molar refractivity (Wildman–Crippen MR) is 112 cm³/mol. The van der Waals surface area contributed by atoms with E-state index in [1.54, 1.807) is 36.5 Å². The highest BCUT2D eigenvalue weighted by atomic mass is 16.3. The van der Waals surface area contributed by atoms with Gasteiger partial charge in [-0.2, -0.15) is 0 Å². The summed E-state index contributed by atoms with van der Waals surface area (Å²) >= 11 is 0. The standard InChI is InChI=1S/C22H23N5O2/c23-20(17-11-13(21(24)25)4-6-19(17)28)16-7-8-26-18-12-14(3-5-15(16)18)22(29)27-9-1-2-10-27/h3-8,11-12,20,28H,1-2,9-10,23H2,(H3,24,25). The fourth-order valence-electron chi connectivity index (χ4n) is 3.82. The summed E-state index contributed by atoms with van der Waals surface area (Å²) in [5, 5.41) is 18.7. The number of amides is 1. The first-order chi connectivity index (χ1) is 14.0. The highest BCUT2D eigenvalue weighted by molar-refractivity contribution is 5.98. The van der Waals surface area contributed by atoms with E-state index >= 15 is 0 Å². The molecule has 7 heteroatoms. The van der Waals surface area contributed by atoms with E-state index in [-0.39, 0.29) is 17.5 Å². The molecule has 148 valence electrons. The molecule has 0 bridgehead atoms. The van der Waals surface area contributed by atoms with Crippen LogP contribution in [0, 0.1) is 5.41 Å². The van der Waals surface area contributed by atoms with E-state index in [1.165, 1.54) is 6.07 Å². The lowest BCUT2D eigenvalue weighted by Crippen LogP contribution is -2.27. The van der Waals surface area contributed by atoms with Crippen molar-refractivity contribution in [1.29, 1.82) is 5.41 Å². The number of nitrogens with one attached hydrogen (secondary N) is 1. The molecule has 7 nitrogen and oxygen atoms in total. The number of carbonyl (C=O) groups excluding carboxylic acids is 1. The molecule has 3 aromatic rings. The quantitative estimate of drug-likeness (QED) is 0.402. The molecule has 0 aliphatic carbocycles. The summed E-state index contributed by atoms with van der Waals surface area (Å²) in [6, 6.07) is 11.3. The van der Waals surface area contributed by atoms with Crippen LogP contribution in [0.15, 0.2) is 48.7 Å². The van der Waals surface area contributed by atoms with E-state index < -0.39 is 6.04 Å². The number of phenolic OH excluding ortho intramolecular Hbond substituents is 1. The lowest BCUT2D eigenvalue weighted by atomic mass is 9.94. The summed E-state index contributed by atoms with van der Waals surface area (Å²) in [5.41, 5.74) is 15.1. The van der Waals surface area contributed by atoms with Crippen LogP contribution in [0.3, 0.4) is 0 Å². The van der Waals surface area contributed by atoms with Crippen LogP contribution in [0.2, 0.25) is 0 Å². The first kappa shape index (κ1) is 18.9. The number of carbonyl (C=O) groups is 1. The van der Waals surface area contributed by atoms with Gasteiger partial charge in [0.05, 0.1) is 11.6 Å². The van der Waals surface area contributed by atoms with Crippen molar-refractivity contribution in [2.24, 2.45) is 11.5 Å². The molecule has 4 rings (SSSR count). The van der Waals surface area contributed by atoms with Gasteiger partial charge in [-0.3, -0.25) is 15.2 Å². The molecule has 1 unspecified atom stereocenters. The molecule has 1 aromatic heterocycles. The summed E-state index contributed by atoms with van der Waals surface area (Å²) in [4.78, 5) is 19.0. The zero-order valence-corrected chi connectivity index (χ0v) is 15.9. The molecule has 1 fully saturated rings. The SMILES string of the molecule is N=C(N)c1ccc(O)c(C(N)c2ccnc3cc(C(=O)N4CCCC4)ccc23)c1. The van der Waals surface area contributed by atoms with Gasteiger partial charge >= 0.3 is 0 Å². The maximum Gasteiger partial charge on any atom is 0.253 e. The number of hydrogen-bond donors (Lipinski definition) is 4. The first-order valence-corrected chi connectivity index (χ1v) is 9.56. The summed E-state index contributed by atoms with van der Waals surface area (Å²) in [6.07, 6.45) is 3.73. The molecule has 2 aromatic carbocycles. The van der Waals surface area contributed by atoms with E-state index in [0.717, 1.165) is 36.9 Å². The number of phenols is 1. The van der Waals surface area contributed by atoms with E-state index in [1.807, 2.05) is 11.0 Å². The highest BCUT2D eigenvalue weighted by Gasteiger charge is 2.21. The predicted octanol–water partition coefficient (Wildman–Crippen LogP) is 2.51. The minimum Gasteiger partial charge on any atom is -0.508 e. The number of benzene rings is 2. The molecule has 1 saturated heterocycles. The molecule has 1 aliphatic heterocycles. The van der Waals surface area contributed by atoms with Gasteiger partial charge in [0.1, 0.15) is 11.6 Å². The number of likely N-dealkylation sites (tertiary alicyclic amines) is 1. The van der Waals surface area contributed by atoms with E-state index in [9.17, 15) is 9.90 Å². The number of hydrogen-bond acceptors (Lipinski definition) is 5. The second-order valence-electron chi connectivity index (χ2n) is 7.30. The maximum absolute atomic E-state index is 12.7. The molecular formula is C22H23N5O2. The molecule has 0 spiro atoms. The van der Waals surface area contributed by atoms with Crippen molar-refractivity contribution in [3.05, 3.63) is 70.9 Å². The van der Waals surface area contributed by atoms with Gasteiger partial charge in [0, 0.05) is 41.4 Å². The Hall–Kier alpha value is -3.45. The Morgan fingerprint density at radius 1 is 1.07 bits per heavy atom. The van der Waals surface area contributed by atoms with Crippen LogP contribution in [-0.2, 0) is 0 Å². The number of nitrogens with zero attached hydrogens (tertiary/aromatic N) is 2. The number of nitrogen functional groups attached to an aromatic ring is 1. The zero-order valence-electron chi connectivity index (χ0n) is 15.9. The maximum atomic E-state index is 12.7. The van der Waals surface area contributed by atoms with Gasteiger partial charge < -0.3 is 21.5 Å². The molecule has 0 saturated carbocycles. The van der Waals surface area contributed by atoms with Crippen LogP contribution < -0.4 is 11.5 Å². The summed E-state index contributed by atoms with van der Waals surface area (Å²) in [6.45, 7) is 1.59.